The summed E-state index contributed by atoms with van der Waals surface area (Å²) < 4.78 is 31.6. The molecule has 0 radical (unpaired) electrons. The molecule has 22 aromatic rings. The molecule has 15 aromatic carbocycles. The molecule has 8 nitrogen and oxygen atoms in total. The van der Waals surface area contributed by atoms with Crippen molar-refractivity contribution in [3.05, 3.63) is 303 Å². The zero-order valence-electron chi connectivity index (χ0n) is 53.3. The lowest BCUT2D eigenvalue weighted by Gasteiger charge is -2.44. The molecule has 2 aliphatic rings. The zero-order chi connectivity index (χ0) is 64.7. The first kappa shape index (κ1) is 53.2. The van der Waals surface area contributed by atoms with Gasteiger partial charge in [0.25, 0.3) is 6.71 Å². The van der Waals surface area contributed by atoms with E-state index in [4.69, 9.17) is 13.3 Å². The Bertz CT molecular complexity index is 7260. The second-order valence-corrected chi connectivity index (χ2v) is 28.0. The van der Waals surface area contributed by atoms with Crippen molar-refractivity contribution in [1.82, 2.24) is 13.7 Å². The molecule has 0 unspecified atom stereocenters. The van der Waals surface area contributed by atoms with E-state index in [0.717, 1.165) is 156 Å². The van der Waals surface area contributed by atoms with Crippen molar-refractivity contribution < 1.29 is 13.3 Å². The van der Waals surface area contributed by atoms with Gasteiger partial charge in [-0.15, -0.1) is 11.3 Å². The van der Waals surface area contributed by atoms with Crippen LogP contribution in [0.25, 0.3) is 168 Å². The molecule has 0 saturated heterocycles. The minimum atomic E-state index is -0.313. The van der Waals surface area contributed by atoms with Crippen molar-refractivity contribution >= 4 is 220 Å². The summed E-state index contributed by atoms with van der Waals surface area (Å²) in [6.07, 6.45) is 0. The second-order valence-electron chi connectivity index (χ2n) is 27.0. The number of benzene rings is 15. The minimum Gasteiger partial charge on any atom is -0.456 e. The van der Waals surface area contributed by atoms with E-state index in [1.165, 1.54) is 63.4 Å². The molecule has 0 amide bonds. The number of para-hydroxylation sites is 7. The highest BCUT2D eigenvalue weighted by Gasteiger charge is 2.47. The highest BCUT2D eigenvalue weighted by Crippen LogP contribution is 2.55. The summed E-state index contributed by atoms with van der Waals surface area (Å²) in [6.45, 7) is -0.313. The van der Waals surface area contributed by atoms with E-state index in [9.17, 15) is 0 Å². The molecule has 462 valence electrons. The van der Waals surface area contributed by atoms with Gasteiger partial charge in [-0.05, 0) is 162 Å². The number of furan rings is 3. The molecule has 0 atom stereocenters. The van der Waals surface area contributed by atoms with E-state index >= 15 is 0 Å². The number of aromatic nitrogens is 3. The minimum absolute atomic E-state index is 0.313. The Kier molecular flexibility index (Phi) is 10.3. The Morgan fingerprint density at radius 2 is 0.670 bits per heavy atom. The number of hydrogen-bond acceptors (Lipinski definition) is 6. The van der Waals surface area contributed by atoms with E-state index in [1.54, 1.807) is 0 Å². The van der Waals surface area contributed by atoms with Crippen molar-refractivity contribution in [1.29, 1.82) is 0 Å². The largest absolute Gasteiger partial charge is 0.456 e. The molecule has 0 bridgehead atoms. The third-order valence-corrected chi connectivity index (χ3v) is 23.1. The maximum atomic E-state index is 7.59. The van der Waals surface area contributed by atoms with Gasteiger partial charge in [0.05, 0.1) is 60.9 Å². The van der Waals surface area contributed by atoms with Gasteiger partial charge in [0.1, 0.15) is 27.9 Å². The third-order valence-electron chi connectivity index (χ3n) is 22.0. The number of nitrogens with zero attached hydrogens (tertiary/aromatic N) is 5. The molecule has 2 aliphatic heterocycles. The highest BCUT2D eigenvalue weighted by atomic mass is 32.1. The van der Waals surface area contributed by atoms with Crippen molar-refractivity contribution in [3.8, 4) is 17.1 Å². The van der Waals surface area contributed by atoms with E-state index in [0.29, 0.717) is 0 Å². The predicted octanol–water partition coefficient (Wildman–Crippen LogP) is 23.1. The van der Waals surface area contributed by atoms with Crippen molar-refractivity contribution in [3.63, 3.8) is 0 Å². The monoisotopic (exact) mass is 1290 g/mol. The van der Waals surface area contributed by atoms with Crippen LogP contribution in [0.5, 0.6) is 0 Å². The SMILES string of the molecule is c1ccc2c(c1)oc1c3c4c(cc12)N(c1cccc2oc5ccc(-n6c7ccccc7c7ccccc76)cc5c12)c1ccc(-n2c5ccccc5c5ccccc52)cc1B4c1cc2sc4ccccc4c2cc1N3c1cccc2oc3ccc(-n4c5ccccc5c5ccccc54)cc3c12. The first-order chi connectivity index (χ1) is 49.6. The standard InChI is InChI=1S/C90H50BN5O3S/c1-9-27-68-54(19-1)55-20-2-10-28-69(55)92(68)51-40-43-80-64(45-51)86-75(33-17-36-82(86)97-80)95-74-42-39-53(94-72-31-13-5-23-58(72)59-24-6-14-32-73(59)94)47-66(74)91-67-50-85-62(61-26-8-16-38-84(61)100-85)48-77(67)96(89-88(91)78(95)49-63-60-25-7-15-35-79(60)99-90(63)89)76-34-18-37-83-87(76)65-46-52(41-44-81(65)98-83)93-70-29-11-3-21-56(70)57-22-4-12-30-71(57)93/h1-50H. The molecule has 0 N–H and O–H groups in total. The predicted molar refractivity (Wildman–Crippen MR) is 418 cm³/mol. The van der Waals surface area contributed by atoms with Crippen LogP contribution in [0.2, 0.25) is 0 Å². The molecular weight excluding hydrogens is 1240 g/mol. The van der Waals surface area contributed by atoms with Crippen LogP contribution in [0.4, 0.5) is 34.1 Å². The summed E-state index contributed by atoms with van der Waals surface area (Å²) in [7, 11) is 0. The summed E-state index contributed by atoms with van der Waals surface area (Å²) >= 11 is 1.87. The lowest BCUT2D eigenvalue weighted by atomic mass is 9.33. The maximum Gasteiger partial charge on any atom is 0.252 e. The highest BCUT2D eigenvalue weighted by molar-refractivity contribution is 7.26. The molecule has 10 heteroatoms. The average molecular weight is 1290 g/mol. The van der Waals surface area contributed by atoms with E-state index in [1.807, 2.05) is 11.3 Å². The van der Waals surface area contributed by atoms with Gasteiger partial charge < -0.3 is 36.8 Å². The quantitative estimate of drug-likeness (QED) is 0.161. The molecule has 0 fully saturated rings. The van der Waals surface area contributed by atoms with Gasteiger partial charge in [0, 0.05) is 108 Å². The van der Waals surface area contributed by atoms with Gasteiger partial charge >= 0.3 is 0 Å². The van der Waals surface area contributed by atoms with Crippen LogP contribution in [0.15, 0.2) is 317 Å². The third kappa shape index (κ3) is 6.94. The molecule has 7 aromatic heterocycles. The van der Waals surface area contributed by atoms with E-state index in [-0.39, 0.29) is 6.71 Å². The Morgan fingerprint density at radius 1 is 0.250 bits per heavy atom. The fourth-order valence-corrected chi connectivity index (χ4v) is 19.1. The van der Waals surface area contributed by atoms with Crippen molar-refractivity contribution in [2.24, 2.45) is 0 Å². The van der Waals surface area contributed by atoms with Gasteiger partial charge in [0.15, 0.2) is 5.58 Å². The number of fused-ring (bicyclic) bond motifs is 26. The summed E-state index contributed by atoms with van der Waals surface area (Å²) in [4.78, 5) is 5.14. The van der Waals surface area contributed by atoms with Crippen LogP contribution in [0.3, 0.4) is 0 Å². The first-order valence-electron chi connectivity index (χ1n) is 34.2. The molecule has 0 saturated carbocycles. The summed E-state index contributed by atoms with van der Waals surface area (Å²) in [5.41, 5.74) is 24.7. The molecule has 9 heterocycles. The molecule has 100 heavy (non-hydrogen) atoms. The second kappa shape index (κ2) is 19.4. The number of thiophene rings is 1. The van der Waals surface area contributed by atoms with Crippen LogP contribution in [-0.4, -0.2) is 20.4 Å². The lowest BCUT2D eigenvalue weighted by Crippen LogP contribution is -2.61. The molecule has 0 spiro atoms. The van der Waals surface area contributed by atoms with Gasteiger partial charge in [-0.3, -0.25) is 0 Å². The van der Waals surface area contributed by atoms with Gasteiger partial charge in [0.2, 0.25) is 0 Å². The van der Waals surface area contributed by atoms with E-state index in [2.05, 4.69) is 327 Å². The molecular formula is C90H50BN5O3S. The average Bonchev–Trinajstić information content (AvgIpc) is 1.09. The summed E-state index contributed by atoms with van der Waals surface area (Å²) in [5.74, 6) is 0. The lowest BCUT2D eigenvalue weighted by molar-refractivity contribution is 0.668. The Morgan fingerprint density at radius 3 is 1.21 bits per heavy atom. The number of rotatable bonds is 5. The van der Waals surface area contributed by atoms with Gasteiger partial charge in [-0.25, -0.2) is 0 Å². The maximum absolute atomic E-state index is 7.59. The summed E-state index contributed by atoms with van der Waals surface area (Å²) in [6, 6.07) is 112. The van der Waals surface area contributed by atoms with Crippen LogP contribution >= 0.6 is 11.3 Å². The Balaban J connectivity index is 0.843. The fourth-order valence-electron chi connectivity index (χ4n) is 17.9. The zero-order valence-corrected chi connectivity index (χ0v) is 54.1. The number of anilines is 6. The van der Waals surface area contributed by atoms with Gasteiger partial charge in [-0.1, -0.05) is 158 Å². The number of hydrogen-bond donors (Lipinski definition) is 0. The smallest absolute Gasteiger partial charge is 0.252 e. The normalized spacial score (nSPS) is 13.1. The van der Waals surface area contributed by atoms with Crippen LogP contribution < -0.4 is 26.2 Å². The fraction of sp³-hybridized carbons (Fsp3) is 0. The summed E-state index contributed by atoms with van der Waals surface area (Å²) in [5, 5.41) is 15.9. The molecule has 0 aliphatic carbocycles. The van der Waals surface area contributed by atoms with Crippen LogP contribution in [-0.2, 0) is 0 Å². The first-order valence-corrected chi connectivity index (χ1v) is 35.0. The van der Waals surface area contributed by atoms with Crippen LogP contribution in [0.1, 0.15) is 0 Å². The topological polar surface area (TPSA) is 60.7 Å². The Labute approximate surface area is 573 Å². The van der Waals surface area contributed by atoms with Crippen LogP contribution in [0, 0.1) is 0 Å². The Hall–Kier alpha value is -13.0. The van der Waals surface area contributed by atoms with E-state index < -0.39 is 0 Å². The van der Waals surface area contributed by atoms with Crippen molar-refractivity contribution in [2.75, 3.05) is 9.80 Å². The van der Waals surface area contributed by atoms with Crippen molar-refractivity contribution in [2.45, 2.75) is 0 Å². The van der Waals surface area contributed by atoms with Gasteiger partial charge in [-0.2, -0.15) is 0 Å². The molecule has 24 rings (SSSR count).